The van der Waals surface area contributed by atoms with Crippen molar-refractivity contribution < 1.29 is 0 Å². The first-order valence-electron chi connectivity index (χ1n) is 6.34. The van der Waals surface area contributed by atoms with Crippen LogP contribution < -0.4 is 5.32 Å². The summed E-state index contributed by atoms with van der Waals surface area (Å²) in [6.07, 6.45) is 1.14. The lowest BCUT2D eigenvalue weighted by Crippen LogP contribution is -2.21. The number of halogens is 2. The van der Waals surface area contributed by atoms with E-state index in [9.17, 15) is 0 Å². The van der Waals surface area contributed by atoms with Gasteiger partial charge in [0, 0.05) is 23.6 Å². The minimum absolute atomic E-state index is 0.298. The number of thiophene rings is 3. The third-order valence-corrected chi connectivity index (χ3v) is 8.47. The lowest BCUT2D eigenvalue weighted by Gasteiger charge is -2.15. The molecule has 0 spiro atoms. The highest BCUT2D eigenvalue weighted by Crippen LogP contribution is 2.41. The van der Waals surface area contributed by atoms with Crippen LogP contribution in [0.4, 0.5) is 0 Å². The number of hydrogen-bond acceptors (Lipinski definition) is 4. The van der Waals surface area contributed by atoms with Gasteiger partial charge < -0.3 is 5.32 Å². The van der Waals surface area contributed by atoms with Crippen molar-refractivity contribution in [1.82, 2.24) is 5.32 Å². The van der Waals surface area contributed by atoms with Gasteiger partial charge in [0.15, 0.2) is 0 Å². The molecule has 3 heterocycles. The maximum Gasteiger partial charge on any atom is 0.0843 e. The third-order valence-electron chi connectivity index (χ3n) is 2.99. The molecule has 3 aromatic rings. The molecular formula is C14H13Br2NS3. The van der Waals surface area contributed by atoms with Crippen LogP contribution in [0, 0.1) is 0 Å². The van der Waals surface area contributed by atoms with Gasteiger partial charge in [-0.3, -0.25) is 0 Å². The molecule has 1 N–H and O–H groups in total. The van der Waals surface area contributed by atoms with E-state index in [1.807, 2.05) is 22.7 Å². The second kappa shape index (κ2) is 6.58. The highest BCUT2D eigenvalue weighted by Gasteiger charge is 2.19. The summed E-state index contributed by atoms with van der Waals surface area (Å²) in [5, 5.41) is 5.84. The Hall–Kier alpha value is 0.280. The van der Waals surface area contributed by atoms with Gasteiger partial charge in [0.05, 0.1) is 9.83 Å². The summed E-state index contributed by atoms with van der Waals surface area (Å²) in [6.45, 7) is 3.24. The van der Waals surface area contributed by atoms with E-state index in [0.717, 1.165) is 21.2 Å². The van der Waals surface area contributed by atoms with Crippen molar-refractivity contribution >= 4 is 75.3 Å². The van der Waals surface area contributed by atoms with Gasteiger partial charge in [-0.15, -0.1) is 34.0 Å². The van der Waals surface area contributed by atoms with Gasteiger partial charge in [0.1, 0.15) is 0 Å². The van der Waals surface area contributed by atoms with Gasteiger partial charge in [-0.1, -0.05) is 6.92 Å². The number of hydrogen-bond donors (Lipinski definition) is 1. The van der Waals surface area contributed by atoms with Crippen LogP contribution in [0.5, 0.6) is 0 Å². The van der Waals surface area contributed by atoms with Gasteiger partial charge >= 0.3 is 0 Å². The van der Waals surface area contributed by atoms with Gasteiger partial charge in [0.25, 0.3) is 0 Å². The Kier molecular flexibility index (Phi) is 5.00. The molecule has 0 aromatic carbocycles. The summed E-state index contributed by atoms with van der Waals surface area (Å²) in [5.41, 5.74) is 0. The van der Waals surface area contributed by atoms with E-state index in [0.29, 0.717) is 6.04 Å². The standard InChI is InChI=1S/C14H13Br2NS3/c1-2-4-17-13(11-6-8(15)14(16)20-11)12-7-10-9(19-12)3-5-18-10/h3,5-7,13,17H,2,4H2,1H3. The fourth-order valence-corrected chi connectivity index (χ4v) is 6.54. The molecule has 3 aromatic heterocycles. The van der Waals surface area contributed by atoms with Crippen molar-refractivity contribution in [2.75, 3.05) is 6.54 Å². The summed E-state index contributed by atoms with van der Waals surface area (Å²) in [6, 6.07) is 7.06. The smallest absolute Gasteiger partial charge is 0.0843 e. The predicted octanol–water partition coefficient (Wildman–Crippen LogP) is 6.64. The Labute approximate surface area is 147 Å². The zero-order valence-corrected chi connectivity index (χ0v) is 16.4. The van der Waals surface area contributed by atoms with Crippen LogP contribution in [0.3, 0.4) is 0 Å². The maximum atomic E-state index is 3.68. The molecule has 0 fully saturated rings. The Bertz CT molecular complexity index is 665. The normalized spacial score (nSPS) is 13.2. The first-order valence-corrected chi connectivity index (χ1v) is 10.4. The number of nitrogens with one attached hydrogen (secondary N) is 1. The van der Waals surface area contributed by atoms with Crippen molar-refractivity contribution in [2.45, 2.75) is 19.4 Å². The van der Waals surface area contributed by atoms with Gasteiger partial charge in [-0.25, -0.2) is 0 Å². The molecule has 0 amide bonds. The molecular weight excluding hydrogens is 438 g/mol. The lowest BCUT2D eigenvalue weighted by atomic mass is 10.2. The zero-order valence-electron chi connectivity index (χ0n) is 10.8. The molecule has 1 unspecified atom stereocenters. The van der Waals surface area contributed by atoms with E-state index in [1.165, 1.54) is 19.2 Å². The number of rotatable bonds is 5. The SMILES string of the molecule is CCCNC(c1cc(Br)c(Br)s1)c1cc2sccc2s1. The van der Waals surface area contributed by atoms with Crippen molar-refractivity contribution in [2.24, 2.45) is 0 Å². The molecule has 1 nitrogen and oxygen atoms in total. The number of fused-ring (bicyclic) bond motifs is 1. The Morgan fingerprint density at radius 1 is 1.15 bits per heavy atom. The largest absolute Gasteiger partial charge is 0.305 e. The van der Waals surface area contributed by atoms with E-state index in [1.54, 1.807) is 11.3 Å². The molecule has 0 aliphatic rings. The van der Waals surface area contributed by atoms with Crippen LogP contribution in [-0.4, -0.2) is 6.54 Å². The van der Waals surface area contributed by atoms with E-state index < -0.39 is 0 Å². The molecule has 0 saturated heterocycles. The van der Waals surface area contributed by atoms with Gasteiger partial charge in [-0.05, 0) is 68.4 Å². The average Bonchev–Trinajstić information content (AvgIpc) is 3.06. The summed E-state index contributed by atoms with van der Waals surface area (Å²) < 4.78 is 5.08. The Morgan fingerprint density at radius 3 is 2.60 bits per heavy atom. The van der Waals surface area contributed by atoms with Crippen LogP contribution >= 0.6 is 65.9 Å². The van der Waals surface area contributed by atoms with Gasteiger partial charge in [0.2, 0.25) is 0 Å². The van der Waals surface area contributed by atoms with Crippen molar-refractivity contribution in [3.63, 3.8) is 0 Å². The summed E-state index contributed by atoms with van der Waals surface area (Å²) in [7, 11) is 0. The van der Waals surface area contributed by atoms with Gasteiger partial charge in [-0.2, -0.15) is 0 Å². The van der Waals surface area contributed by atoms with E-state index in [4.69, 9.17) is 0 Å². The molecule has 1 atom stereocenters. The highest BCUT2D eigenvalue weighted by atomic mass is 79.9. The molecule has 0 aliphatic carbocycles. The van der Waals surface area contributed by atoms with Crippen molar-refractivity contribution in [1.29, 1.82) is 0 Å². The summed E-state index contributed by atoms with van der Waals surface area (Å²) in [4.78, 5) is 2.76. The third kappa shape index (κ3) is 3.05. The quantitative estimate of drug-likeness (QED) is 0.459. The van der Waals surface area contributed by atoms with Crippen LogP contribution in [0.1, 0.15) is 29.1 Å². The fourth-order valence-electron chi connectivity index (χ4n) is 2.06. The second-order valence-corrected chi connectivity index (χ2v) is 9.77. The van der Waals surface area contributed by atoms with E-state index in [-0.39, 0.29) is 0 Å². The Morgan fingerprint density at radius 2 is 1.95 bits per heavy atom. The molecule has 106 valence electrons. The predicted molar refractivity (Wildman–Crippen MR) is 99.6 cm³/mol. The molecule has 6 heteroatoms. The molecule has 0 bridgehead atoms. The Balaban J connectivity index is 1.98. The van der Waals surface area contributed by atoms with Crippen LogP contribution in [0.15, 0.2) is 31.8 Å². The first-order chi connectivity index (χ1) is 9.69. The average molecular weight is 451 g/mol. The second-order valence-electron chi connectivity index (χ2n) is 4.46. The molecule has 3 rings (SSSR count). The highest BCUT2D eigenvalue weighted by molar-refractivity contribution is 9.13. The lowest BCUT2D eigenvalue weighted by molar-refractivity contribution is 0.613. The van der Waals surface area contributed by atoms with Crippen LogP contribution in [-0.2, 0) is 0 Å². The fraction of sp³-hybridized carbons (Fsp3) is 0.286. The molecule has 0 aliphatic heterocycles. The monoisotopic (exact) mass is 449 g/mol. The molecule has 0 radical (unpaired) electrons. The first kappa shape index (κ1) is 15.2. The topological polar surface area (TPSA) is 12.0 Å². The molecule has 0 saturated carbocycles. The van der Waals surface area contributed by atoms with Crippen LogP contribution in [0.2, 0.25) is 0 Å². The van der Waals surface area contributed by atoms with Crippen LogP contribution in [0.25, 0.3) is 9.40 Å². The summed E-state index contributed by atoms with van der Waals surface area (Å²) in [5.74, 6) is 0. The zero-order chi connectivity index (χ0) is 14.1. The van der Waals surface area contributed by atoms with E-state index >= 15 is 0 Å². The summed E-state index contributed by atoms with van der Waals surface area (Å²) >= 11 is 12.7. The van der Waals surface area contributed by atoms with Crippen molar-refractivity contribution in [3.8, 4) is 0 Å². The van der Waals surface area contributed by atoms with Crippen molar-refractivity contribution in [3.05, 3.63) is 41.6 Å². The van der Waals surface area contributed by atoms with E-state index in [2.05, 4.69) is 67.7 Å². The maximum absolute atomic E-state index is 3.68. The molecule has 20 heavy (non-hydrogen) atoms. The minimum Gasteiger partial charge on any atom is -0.305 e. The minimum atomic E-state index is 0.298.